The van der Waals surface area contributed by atoms with Crippen molar-refractivity contribution < 1.29 is 4.79 Å². The number of rotatable bonds is 4. The van der Waals surface area contributed by atoms with E-state index in [1.54, 1.807) is 6.20 Å². The van der Waals surface area contributed by atoms with E-state index in [9.17, 15) is 4.79 Å². The number of pyridine rings is 1. The monoisotopic (exact) mass is 269 g/mol. The minimum absolute atomic E-state index is 0.185. The van der Waals surface area contributed by atoms with E-state index in [0.29, 0.717) is 13.1 Å². The molecule has 20 heavy (non-hydrogen) atoms. The fourth-order valence-corrected chi connectivity index (χ4v) is 1.96. The highest BCUT2D eigenvalue weighted by atomic mass is 16.2. The third-order valence-corrected chi connectivity index (χ3v) is 3.09. The molecule has 0 atom stereocenters. The number of carbonyl (C=O) groups is 1. The van der Waals surface area contributed by atoms with Crippen molar-refractivity contribution in [3.8, 4) is 0 Å². The lowest BCUT2D eigenvalue weighted by Gasteiger charge is -2.10. The van der Waals surface area contributed by atoms with Gasteiger partial charge in [-0.2, -0.15) is 0 Å². The highest BCUT2D eigenvalue weighted by Crippen LogP contribution is 2.09. The van der Waals surface area contributed by atoms with Crippen LogP contribution in [0, 0.1) is 13.8 Å². The summed E-state index contributed by atoms with van der Waals surface area (Å²) in [5, 5.41) is 5.64. The molecule has 104 valence electrons. The predicted octanol–water partition coefficient (Wildman–Crippen LogP) is 2.70. The van der Waals surface area contributed by atoms with Crippen molar-refractivity contribution in [2.75, 3.05) is 0 Å². The van der Waals surface area contributed by atoms with E-state index < -0.39 is 0 Å². The zero-order chi connectivity index (χ0) is 14.4. The topological polar surface area (TPSA) is 54.0 Å². The largest absolute Gasteiger partial charge is 0.334 e. The lowest BCUT2D eigenvalue weighted by molar-refractivity contribution is 0.240. The Hall–Kier alpha value is -2.36. The van der Waals surface area contributed by atoms with Crippen LogP contribution < -0.4 is 10.6 Å². The maximum atomic E-state index is 11.7. The molecule has 1 heterocycles. The van der Waals surface area contributed by atoms with Crippen LogP contribution in [-0.4, -0.2) is 11.0 Å². The molecule has 0 fully saturated rings. The van der Waals surface area contributed by atoms with Crippen LogP contribution in [-0.2, 0) is 13.1 Å². The second kappa shape index (κ2) is 6.70. The molecule has 0 radical (unpaired) electrons. The van der Waals surface area contributed by atoms with Crippen molar-refractivity contribution in [1.82, 2.24) is 15.6 Å². The molecule has 0 saturated heterocycles. The first-order chi connectivity index (χ1) is 9.65. The molecule has 0 bridgehead atoms. The van der Waals surface area contributed by atoms with Gasteiger partial charge < -0.3 is 10.6 Å². The van der Waals surface area contributed by atoms with Crippen LogP contribution in [0.1, 0.15) is 22.4 Å². The van der Waals surface area contributed by atoms with Crippen molar-refractivity contribution in [2.24, 2.45) is 0 Å². The summed E-state index contributed by atoms with van der Waals surface area (Å²) < 4.78 is 0. The van der Waals surface area contributed by atoms with Gasteiger partial charge in [-0.05, 0) is 37.1 Å². The Bertz CT molecular complexity index is 582. The van der Waals surface area contributed by atoms with Gasteiger partial charge in [-0.3, -0.25) is 4.98 Å². The quantitative estimate of drug-likeness (QED) is 0.896. The smallest absolute Gasteiger partial charge is 0.315 e. The zero-order valence-corrected chi connectivity index (χ0v) is 11.8. The maximum absolute atomic E-state index is 11.7. The SMILES string of the molecule is Cc1ccc(CNC(=O)NCc2ccccn2)c(C)c1. The van der Waals surface area contributed by atoms with E-state index in [4.69, 9.17) is 0 Å². The molecule has 0 spiro atoms. The molecule has 0 unspecified atom stereocenters. The number of aryl methyl sites for hydroxylation is 2. The van der Waals surface area contributed by atoms with Crippen molar-refractivity contribution in [2.45, 2.75) is 26.9 Å². The van der Waals surface area contributed by atoms with Crippen molar-refractivity contribution in [1.29, 1.82) is 0 Å². The van der Waals surface area contributed by atoms with Crippen molar-refractivity contribution in [3.63, 3.8) is 0 Å². The molecule has 0 aliphatic heterocycles. The first-order valence-corrected chi connectivity index (χ1v) is 6.63. The van der Waals surface area contributed by atoms with E-state index in [2.05, 4.69) is 41.6 Å². The Morgan fingerprint density at radius 2 is 1.90 bits per heavy atom. The van der Waals surface area contributed by atoms with E-state index in [-0.39, 0.29) is 6.03 Å². The number of urea groups is 1. The summed E-state index contributed by atoms with van der Waals surface area (Å²) in [5.74, 6) is 0. The maximum Gasteiger partial charge on any atom is 0.315 e. The van der Waals surface area contributed by atoms with Gasteiger partial charge in [0.2, 0.25) is 0 Å². The number of nitrogens with zero attached hydrogens (tertiary/aromatic N) is 1. The van der Waals surface area contributed by atoms with Gasteiger partial charge in [0.25, 0.3) is 0 Å². The number of hydrogen-bond acceptors (Lipinski definition) is 2. The van der Waals surface area contributed by atoms with Crippen molar-refractivity contribution >= 4 is 6.03 Å². The highest BCUT2D eigenvalue weighted by Gasteiger charge is 2.03. The predicted molar refractivity (Wildman–Crippen MR) is 79.2 cm³/mol. The van der Waals surface area contributed by atoms with Gasteiger partial charge in [0, 0.05) is 12.7 Å². The summed E-state index contributed by atoms with van der Waals surface area (Å²) in [5.41, 5.74) is 4.39. The lowest BCUT2D eigenvalue weighted by atomic mass is 10.1. The van der Waals surface area contributed by atoms with Gasteiger partial charge in [0.15, 0.2) is 0 Å². The molecule has 1 aromatic carbocycles. The number of benzene rings is 1. The van der Waals surface area contributed by atoms with Crippen LogP contribution in [0.5, 0.6) is 0 Å². The van der Waals surface area contributed by atoms with Crippen LogP contribution >= 0.6 is 0 Å². The summed E-state index contributed by atoms with van der Waals surface area (Å²) in [4.78, 5) is 15.9. The Balaban J connectivity index is 1.80. The molecule has 2 rings (SSSR count). The molecule has 4 heteroatoms. The Morgan fingerprint density at radius 3 is 2.60 bits per heavy atom. The molecular formula is C16H19N3O. The Morgan fingerprint density at radius 1 is 1.10 bits per heavy atom. The van der Waals surface area contributed by atoms with E-state index >= 15 is 0 Å². The fourth-order valence-electron chi connectivity index (χ4n) is 1.96. The zero-order valence-electron chi connectivity index (χ0n) is 11.8. The lowest BCUT2D eigenvalue weighted by Crippen LogP contribution is -2.34. The summed E-state index contributed by atoms with van der Waals surface area (Å²) in [6.07, 6.45) is 1.71. The molecule has 2 amide bonds. The normalized spacial score (nSPS) is 10.1. The molecule has 0 aliphatic rings. The van der Waals surface area contributed by atoms with Crippen LogP contribution in [0.25, 0.3) is 0 Å². The molecule has 0 aliphatic carbocycles. The van der Waals surface area contributed by atoms with Gasteiger partial charge >= 0.3 is 6.03 Å². The Labute approximate surface area is 119 Å². The Kier molecular flexibility index (Phi) is 4.71. The first-order valence-electron chi connectivity index (χ1n) is 6.63. The second-order valence-electron chi connectivity index (χ2n) is 4.79. The van der Waals surface area contributed by atoms with E-state index in [1.807, 2.05) is 24.3 Å². The van der Waals surface area contributed by atoms with Crippen molar-refractivity contribution in [3.05, 3.63) is 65.0 Å². The summed E-state index contributed by atoms with van der Waals surface area (Å²) in [7, 11) is 0. The van der Waals surface area contributed by atoms with Gasteiger partial charge in [-0.15, -0.1) is 0 Å². The van der Waals surface area contributed by atoms with E-state index in [1.165, 1.54) is 11.1 Å². The highest BCUT2D eigenvalue weighted by molar-refractivity contribution is 5.73. The number of carbonyl (C=O) groups excluding carboxylic acids is 1. The number of aromatic nitrogens is 1. The molecule has 2 N–H and O–H groups in total. The number of nitrogens with one attached hydrogen (secondary N) is 2. The summed E-state index contributed by atoms with van der Waals surface area (Å²) in [6, 6.07) is 11.7. The van der Waals surface area contributed by atoms with Crippen LogP contribution in [0.3, 0.4) is 0 Å². The second-order valence-corrected chi connectivity index (χ2v) is 4.79. The van der Waals surface area contributed by atoms with Gasteiger partial charge in [0.1, 0.15) is 0 Å². The fraction of sp³-hybridized carbons (Fsp3) is 0.250. The van der Waals surface area contributed by atoms with Crippen LogP contribution in [0.4, 0.5) is 4.79 Å². The van der Waals surface area contributed by atoms with E-state index in [0.717, 1.165) is 11.3 Å². The standard InChI is InChI=1S/C16H19N3O/c1-12-6-7-14(13(2)9-12)10-18-16(20)19-11-15-5-3-4-8-17-15/h3-9H,10-11H2,1-2H3,(H2,18,19,20). The summed E-state index contributed by atoms with van der Waals surface area (Å²) in [6.45, 7) is 5.07. The first kappa shape index (κ1) is 14.1. The number of hydrogen-bond donors (Lipinski definition) is 2. The van der Waals surface area contributed by atoms with Gasteiger partial charge in [-0.1, -0.05) is 29.8 Å². The third-order valence-electron chi connectivity index (χ3n) is 3.09. The average Bonchev–Trinajstić information content (AvgIpc) is 2.45. The molecular weight excluding hydrogens is 250 g/mol. The average molecular weight is 269 g/mol. The van der Waals surface area contributed by atoms with Crippen LogP contribution in [0.15, 0.2) is 42.6 Å². The summed E-state index contributed by atoms with van der Waals surface area (Å²) >= 11 is 0. The minimum Gasteiger partial charge on any atom is -0.334 e. The molecule has 0 saturated carbocycles. The molecule has 1 aromatic heterocycles. The minimum atomic E-state index is -0.185. The van der Waals surface area contributed by atoms with Crippen LogP contribution in [0.2, 0.25) is 0 Å². The molecule has 4 nitrogen and oxygen atoms in total. The molecule has 2 aromatic rings. The number of amides is 2. The third kappa shape index (κ3) is 4.09. The van der Waals surface area contributed by atoms with Gasteiger partial charge in [0.05, 0.1) is 12.2 Å². The van der Waals surface area contributed by atoms with Gasteiger partial charge in [-0.25, -0.2) is 4.79 Å².